The van der Waals surface area contributed by atoms with Crippen molar-refractivity contribution in [3.63, 3.8) is 0 Å². The van der Waals surface area contributed by atoms with Crippen molar-refractivity contribution in [1.29, 1.82) is 0 Å². The Morgan fingerprint density at radius 2 is 2.25 bits per heavy atom. The molecule has 0 aliphatic heterocycles. The summed E-state index contributed by atoms with van der Waals surface area (Å²) < 4.78 is 20.4. The summed E-state index contributed by atoms with van der Waals surface area (Å²) in [6.45, 7) is 2.81. The van der Waals surface area contributed by atoms with Crippen LogP contribution in [-0.2, 0) is 13.5 Å². The molecule has 0 amide bonds. The average Bonchev–Trinajstić information content (AvgIpc) is 2.83. The standard InChI is InChI=1S/C14H19FN4O/c1-4-16-13(8-11-9-19(2)18-17-11)10-5-6-14(20-3)12(15)7-10/h5-7,9,13,16H,4,8H2,1-3H3. The number of rotatable bonds is 6. The Hall–Kier alpha value is -1.95. The molecule has 1 aromatic carbocycles. The highest BCUT2D eigenvalue weighted by atomic mass is 19.1. The zero-order valence-corrected chi connectivity index (χ0v) is 11.9. The zero-order chi connectivity index (χ0) is 14.5. The largest absolute Gasteiger partial charge is 0.494 e. The van der Waals surface area contributed by atoms with Crippen LogP contribution in [0.4, 0.5) is 4.39 Å². The van der Waals surface area contributed by atoms with Crippen molar-refractivity contribution < 1.29 is 9.13 Å². The van der Waals surface area contributed by atoms with Gasteiger partial charge in [-0.15, -0.1) is 5.10 Å². The molecule has 5 nitrogen and oxygen atoms in total. The molecule has 0 saturated heterocycles. The highest BCUT2D eigenvalue weighted by molar-refractivity contribution is 5.31. The fourth-order valence-corrected chi connectivity index (χ4v) is 2.15. The Balaban J connectivity index is 2.21. The van der Waals surface area contributed by atoms with E-state index in [0.717, 1.165) is 17.8 Å². The van der Waals surface area contributed by atoms with Crippen LogP contribution in [0.5, 0.6) is 5.75 Å². The second kappa shape index (κ2) is 6.47. The molecule has 0 fully saturated rings. The molecular formula is C14H19FN4O. The van der Waals surface area contributed by atoms with E-state index in [-0.39, 0.29) is 17.6 Å². The number of hydrogen-bond donors (Lipinski definition) is 1. The molecule has 20 heavy (non-hydrogen) atoms. The van der Waals surface area contributed by atoms with Crippen LogP contribution < -0.4 is 10.1 Å². The normalized spacial score (nSPS) is 12.4. The van der Waals surface area contributed by atoms with Crippen molar-refractivity contribution in [3.05, 3.63) is 41.5 Å². The number of nitrogens with zero attached hydrogens (tertiary/aromatic N) is 3. The van der Waals surface area contributed by atoms with E-state index in [1.807, 2.05) is 26.2 Å². The van der Waals surface area contributed by atoms with E-state index in [1.165, 1.54) is 13.2 Å². The number of benzene rings is 1. The van der Waals surface area contributed by atoms with Gasteiger partial charge in [0.15, 0.2) is 11.6 Å². The van der Waals surface area contributed by atoms with Gasteiger partial charge in [0.25, 0.3) is 0 Å². The third kappa shape index (κ3) is 3.33. The number of aromatic nitrogens is 3. The molecular weight excluding hydrogens is 259 g/mol. The van der Waals surface area contributed by atoms with Crippen LogP contribution in [0.15, 0.2) is 24.4 Å². The maximum Gasteiger partial charge on any atom is 0.165 e. The number of nitrogens with one attached hydrogen (secondary N) is 1. The van der Waals surface area contributed by atoms with Gasteiger partial charge in [-0.1, -0.05) is 18.2 Å². The maximum absolute atomic E-state index is 13.8. The summed E-state index contributed by atoms with van der Waals surface area (Å²) in [6.07, 6.45) is 2.53. The Morgan fingerprint density at radius 3 is 2.80 bits per heavy atom. The summed E-state index contributed by atoms with van der Waals surface area (Å²) in [4.78, 5) is 0. The van der Waals surface area contributed by atoms with E-state index in [9.17, 15) is 4.39 Å². The van der Waals surface area contributed by atoms with Gasteiger partial charge in [0.2, 0.25) is 0 Å². The van der Waals surface area contributed by atoms with Gasteiger partial charge in [-0.2, -0.15) is 0 Å². The van der Waals surface area contributed by atoms with Crippen molar-refractivity contribution in [2.24, 2.45) is 7.05 Å². The third-order valence-electron chi connectivity index (χ3n) is 3.09. The summed E-state index contributed by atoms with van der Waals surface area (Å²) in [5.74, 6) is -0.101. The van der Waals surface area contributed by atoms with Crippen molar-refractivity contribution in [1.82, 2.24) is 20.3 Å². The first-order chi connectivity index (χ1) is 9.63. The number of halogens is 1. The van der Waals surface area contributed by atoms with E-state index < -0.39 is 0 Å². The van der Waals surface area contributed by atoms with E-state index in [4.69, 9.17) is 4.74 Å². The number of aryl methyl sites for hydroxylation is 1. The fraction of sp³-hybridized carbons (Fsp3) is 0.429. The highest BCUT2D eigenvalue weighted by Crippen LogP contribution is 2.23. The first-order valence-electron chi connectivity index (χ1n) is 6.56. The molecule has 108 valence electrons. The van der Waals surface area contributed by atoms with Gasteiger partial charge in [-0.3, -0.25) is 4.68 Å². The quantitative estimate of drug-likeness (QED) is 0.876. The first kappa shape index (κ1) is 14.5. The fourth-order valence-electron chi connectivity index (χ4n) is 2.15. The third-order valence-corrected chi connectivity index (χ3v) is 3.09. The molecule has 0 radical (unpaired) electrons. The van der Waals surface area contributed by atoms with Crippen LogP contribution in [0.3, 0.4) is 0 Å². The lowest BCUT2D eigenvalue weighted by molar-refractivity contribution is 0.385. The second-order valence-electron chi connectivity index (χ2n) is 4.59. The van der Waals surface area contributed by atoms with Crippen LogP contribution in [0.25, 0.3) is 0 Å². The molecule has 0 spiro atoms. The number of methoxy groups -OCH3 is 1. The molecule has 6 heteroatoms. The number of likely N-dealkylation sites (N-methyl/N-ethyl adjacent to an activating group) is 1. The number of ether oxygens (including phenoxy) is 1. The molecule has 0 saturated carbocycles. The lowest BCUT2D eigenvalue weighted by Gasteiger charge is -2.17. The zero-order valence-electron chi connectivity index (χ0n) is 11.9. The van der Waals surface area contributed by atoms with E-state index in [2.05, 4.69) is 15.6 Å². The van der Waals surface area contributed by atoms with E-state index in [1.54, 1.807) is 10.7 Å². The summed E-state index contributed by atoms with van der Waals surface area (Å²) >= 11 is 0. The molecule has 2 rings (SSSR count). The molecule has 1 heterocycles. The Bertz CT molecular complexity index is 570. The molecule has 1 atom stereocenters. The molecule has 1 unspecified atom stereocenters. The average molecular weight is 278 g/mol. The summed E-state index contributed by atoms with van der Waals surface area (Å²) in [6, 6.07) is 5.01. The lowest BCUT2D eigenvalue weighted by Crippen LogP contribution is -2.23. The van der Waals surface area contributed by atoms with Crippen molar-refractivity contribution >= 4 is 0 Å². The van der Waals surface area contributed by atoms with Crippen molar-refractivity contribution in [3.8, 4) is 5.75 Å². The Labute approximate surface area is 117 Å². The van der Waals surface area contributed by atoms with E-state index in [0.29, 0.717) is 6.42 Å². The first-order valence-corrected chi connectivity index (χ1v) is 6.56. The number of hydrogen-bond acceptors (Lipinski definition) is 4. The van der Waals surface area contributed by atoms with E-state index >= 15 is 0 Å². The van der Waals surface area contributed by atoms with Crippen LogP contribution >= 0.6 is 0 Å². The topological polar surface area (TPSA) is 52.0 Å². The summed E-state index contributed by atoms with van der Waals surface area (Å²) in [7, 11) is 3.28. The molecule has 2 aromatic rings. The SMILES string of the molecule is CCNC(Cc1cn(C)nn1)c1ccc(OC)c(F)c1. The predicted octanol–water partition coefficient (Wildman–Crippen LogP) is 1.86. The van der Waals surface area contributed by atoms with Gasteiger partial charge in [-0.05, 0) is 24.2 Å². The van der Waals surface area contributed by atoms with Gasteiger partial charge < -0.3 is 10.1 Å². The Morgan fingerprint density at radius 1 is 1.45 bits per heavy atom. The lowest BCUT2D eigenvalue weighted by atomic mass is 10.0. The van der Waals surface area contributed by atoms with Crippen LogP contribution in [0.2, 0.25) is 0 Å². The van der Waals surface area contributed by atoms with Gasteiger partial charge in [0.05, 0.1) is 12.8 Å². The monoisotopic (exact) mass is 278 g/mol. The summed E-state index contributed by atoms with van der Waals surface area (Å²) in [5, 5.41) is 11.3. The van der Waals surface area contributed by atoms with Crippen molar-refractivity contribution in [2.45, 2.75) is 19.4 Å². The molecule has 0 aliphatic rings. The maximum atomic E-state index is 13.8. The minimum atomic E-state index is -0.355. The van der Waals surface area contributed by atoms with Gasteiger partial charge in [0, 0.05) is 25.7 Å². The second-order valence-corrected chi connectivity index (χ2v) is 4.59. The van der Waals surface area contributed by atoms with Gasteiger partial charge >= 0.3 is 0 Å². The Kier molecular flexibility index (Phi) is 4.68. The highest BCUT2D eigenvalue weighted by Gasteiger charge is 2.15. The van der Waals surface area contributed by atoms with Gasteiger partial charge in [-0.25, -0.2) is 4.39 Å². The summed E-state index contributed by atoms with van der Waals surface area (Å²) in [5.41, 5.74) is 1.74. The predicted molar refractivity (Wildman–Crippen MR) is 74.1 cm³/mol. The molecule has 1 aromatic heterocycles. The van der Waals surface area contributed by atoms with Gasteiger partial charge in [0.1, 0.15) is 0 Å². The molecule has 1 N–H and O–H groups in total. The van der Waals surface area contributed by atoms with Crippen molar-refractivity contribution in [2.75, 3.05) is 13.7 Å². The smallest absolute Gasteiger partial charge is 0.165 e. The van der Waals surface area contributed by atoms with Crippen LogP contribution in [0, 0.1) is 5.82 Å². The minimum absolute atomic E-state index is 0.00268. The van der Waals surface area contributed by atoms with Crippen LogP contribution in [-0.4, -0.2) is 28.6 Å². The minimum Gasteiger partial charge on any atom is -0.494 e. The molecule has 0 bridgehead atoms. The van der Waals surface area contributed by atoms with Crippen LogP contribution in [0.1, 0.15) is 24.2 Å². The molecule has 0 aliphatic carbocycles.